The van der Waals surface area contributed by atoms with Crippen molar-refractivity contribution >= 4 is 23.1 Å². The smallest absolute Gasteiger partial charge is 0.409 e. The van der Waals surface area contributed by atoms with E-state index >= 15 is 0 Å². The molecule has 0 radical (unpaired) electrons. The van der Waals surface area contributed by atoms with Crippen LogP contribution in [0.1, 0.15) is 32.4 Å². The molecule has 1 amide bonds. The van der Waals surface area contributed by atoms with Gasteiger partial charge in [-0.25, -0.2) is 19.7 Å². The minimum atomic E-state index is -1.16. The fourth-order valence-corrected chi connectivity index (χ4v) is 4.00. The van der Waals surface area contributed by atoms with Gasteiger partial charge in [-0.3, -0.25) is 4.57 Å². The molecule has 0 saturated carbocycles. The van der Waals surface area contributed by atoms with Crippen molar-refractivity contribution in [1.29, 1.82) is 0 Å². The van der Waals surface area contributed by atoms with E-state index in [0.29, 0.717) is 36.7 Å². The van der Waals surface area contributed by atoms with Gasteiger partial charge in [-0.2, -0.15) is 0 Å². The fraction of sp³-hybridized carbons (Fsp3) is 0.600. The van der Waals surface area contributed by atoms with E-state index in [1.807, 2.05) is 0 Å². The summed E-state index contributed by atoms with van der Waals surface area (Å²) in [5.74, 6) is 3.01. The van der Waals surface area contributed by atoms with E-state index in [4.69, 9.17) is 15.9 Å². The first-order valence-electron chi connectivity index (χ1n) is 10.3. The van der Waals surface area contributed by atoms with Gasteiger partial charge in [-0.1, -0.05) is 0 Å². The van der Waals surface area contributed by atoms with E-state index in [-0.39, 0.29) is 18.6 Å². The molecule has 0 bridgehead atoms. The minimum absolute atomic E-state index is 0.115. The molecule has 4 atom stereocenters. The first-order valence-corrected chi connectivity index (χ1v) is 10.3. The number of nitrogens with one attached hydrogen (secondary N) is 1. The third-order valence-corrected chi connectivity index (χ3v) is 5.65. The Bertz CT molecular complexity index is 967. The largest absolute Gasteiger partial charge is 0.450 e. The molecule has 2 aliphatic rings. The molecule has 166 valence electrons. The molecule has 2 aromatic rings. The highest BCUT2D eigenvalue weighted by Gasteiger charge is 2.44. The summed E-state index contributed by atoms with van der Waals surface area (Å²) in [5, 5.41) is 24.0. The molecule has 31 heavy (non-hydrogen) atoms. The lowest BCUT2D eigenvalue weighted by Crippen LogP contribution is -2.42. The standard InChI is InChI=1S/C20H26N6O5/c1-3-5-13-15(27)16(28)19(31-13)26-11-23-14-17(21-10-22-18(14)26)24-12-6-8-25(9-7-12)20(29)30-4-2/h1,10-13,15-16,19,27-28H,4-9H2,2H3,(H,21,22,24). The van der Waals surface area contributed by atoms with E-state index < -0.39 is 24.5 Å². The first-order chi connectivity index (χ1) is 15.0. The Morgan fingerprint density at radius 1 is 1.32 bits per heavy atom. The van der Waals surface area contributed by atoms with Gasteiger partial charge in [0.15, 0.2) is 23.2 Å². The Kier molecular flexibility index (Phi) is 6.22. The molecule has 11 nitrogen and oxygen atoms in total. The number of nitrogens with zero attached hydrogens (tertiary/aromatic N) is 5. The van der Waals surface area contributed by atoms with Gasteiger partial charge < -0.3 is 29.9 Å². The van der Waals surface area contributed by atoms with Crippen LogP contribution in [0.4, 0.5) is 10.6 Å². The zero-order valence-electron chi connectivity index (χ0n) is 17.2. The van der Waals surface area contributed by atoms with Gasteiger partial charge in [0, 0.05) is 25.6 Å². The second kappa shape index (κ2) is 9.05. The van der Waals surface area contributed by atoms with Crippen LogP contribution in [0.25, 0.3) is 11.2 Å². The molecule has 3 N–H and O–H groups in total. The molecule has 0 spiro atoms. The van der Waals surface area contributed by atoms with E-state index in [1.54, 1.807) is 16.4 Å². The van der Waals surface area contributed by atoms with E-state index in [0.717, 1.165) is 12.8 Å². The Hall–Kier alpha value is -2.94. The maximum Gasteiger partial charge on any atom is 0.409 e. The third kappa shape index (κ3) is 4.14. The molecule has 0 aromatic carbocycles. The SMILES string of the molecule is C#CCC1OC(n2cnc3c(NC4CCN(C(=O)OCC)CC4)ncnc32)C(O)C1O. The van der Waals surface area contributed by atoms with Crippen LogP contribution in [-0.4, -0.2) is 84.8 Å². The minimum Gasteiger partial charge on any atom is -0.450 e. The lowest BCUT2D eigenvalue weighted by molar-refractivity contribution is -0.0332. The maximum atomic E-state index is 11.9. The second-order valence-corrected chi connectivity index (χ2v) is 7.61. The van der Waals surface area contributed by atoms with Crippen molar-refractivity contribution in [1.82, 2.24) is 24.4 Å². The molecule has 2 aromatic heterocycles. The second-order valence-electron chi connectivity index (χ2n) is 7.61. The lowest BCUT2D eigenvalue weighted by atomic mass is 10.1. The summed E-state index contributed by atoms with van der Waals surface area (Å²) >= 11 is 0. The molecule has 2 saturated heterocycles. The van der Waals surface area contributed by atoms with Crippen LogP contribution in [0.2, 0.25) is 0 Å². The number of aliphatic hydroxyl groups is 2. The van der Waals surface area contributed by atoms with Crippen LogP contribution in [0.5, 0.6) is 0 Å². The number of ether oxygens (including phenoxy) is 2. The molecule has 0 aliphatic carbocycles. The van der Waals surface area contributed by atoms with Gasteiger partial charge in [0.05, 0.1) is 19.0 Å². The van der Waals surface area contributed by atoms with E-state index in [2.05, 4.69) is 26.2 Å². The number of anilines is 1. The summed E-state index contributed by atoms with van der Waals surface area (Å²) in [4.78, 5) is 26.6. The Balaban J connectivity index is 1.48. The molecule has 4 heterocycles. The zero-order valence-corrected chi connectivity index (χ0v) is 17.2. The van der Waals surface area contributed by atoms with Crippen molar-refractivity contribution < 1.29 is 24.5 Å². The summed E-state index contributed by atoms with van der Waals surface area (Å²) in [6.07, 6.45) is 5.86. The highest BCUT2D eigenvalue weighted by molar-refractivity contribution is 5.82. The van der Waals surface area contributed by atoms with Crippen molar-refractivity contribution in [2.75, 3.05) is 25.0 Å². The van der Waals surface area contributed by atoms with Crippen LogP contribution < -0.4 is 5.32 Å². The Morgan fingerprint density at radius 3 is 2.81 bits per heavy atom. The van der Waals surface area contributed by atoms with Crippen molar-refractivity contribution in [2.24, 2.45) is 0 Å². The topological polar surface area (TPSA) is 135 Å². The molecular formula is C20H26N6O5. The monoisotopic (exact) mass is 430 g/mol. The van der Waals surface area contributed by atoms with Crippen LogP contribution in [0.3, 0.4) is 0 Å². The summed E-state index contributed by atoms with van der Waals surface area (Å²) in [5.41, 5.74) is 1.00. The Labute approximate surface area is 179 Å². The first kappa shape index (κ1) is 21.3. The quantitative estimate of drug-likeness (QED) is 0.580. The molecule has 2 fully saturated rings. The average Bonchev–Trinajstić information content (AvgIpc) is 3.32. The van der Waals surface area contributed by atoms with Gasteiger partial charge >= 0.3 is 6.09 Å². The summed E-state index contributed by atoms with van der Waals surface area (Å²) in [7, 11) is 0. The number of aliphatic hydroxyl groups excluding tert-OH is 2. The van der Waals surface area contributed by atoms with Crippen LogP contribution >= 0.6 is 0 Å². The van der Waals surface area contributed by atoms with Crippen LogP contribution in [0.15, 0.2) is 12.7 Å². The fourth-order valence-electron chi connectivity index (χ4n) is 4.00. The van der Waals surface area contributed by atoms with Crippen LogP contribution in [-0.2, 0) is 9.47 Å². The van der Waals surface area contributed by atoms with Gasteiger partial charge in [-0.05, 0) is 19.8 Å². The number of carbonyl (C=O) groups excluding carboxylic acids is 1. The van der Waals surface area contributed by atoms with Crippen molar-refractivity contribution in [2.45, 2.75) is 56.8 Å². The van der Waals surface area contributed by atoms with E-state index in [9.17, 15) is 15.0 Å². The number of piperidine rings is 1. The molecule has 4 rings (SSSR count). The number of amides is 1. The maximum absolute atomic E-state index is 11.9. The number of aromatic nitrogens is 4. The average molecular weight is 430 g/mol. The molecule has 11 heteroatoms. The third-order valence-electron chi connectivity index (χ3n) is 5.65. The van der Waals surface area contributed by atoms with Crippen molar-refractivity contribution in [3.63, 3.8) is 0 Å². The number of carbonyl (C=O) groups is 1. The van der Waals surface area contributed by atoms with Crippen LogP contribution in [0, 0.1) is 12.3 Å². The zero-order chi connectivity index (χ0) is 22.0. The highest BCUT2D eigenvalue weighted by Crippen LogP contribution is 2.33. The lowest BCUT2D eigenvalue weighted by Gasteiger charge is -2.31. The Morgan fingerprint density at radius 2 is 2.10 bits per heavy atom. The number of hydrogen-bond donors (Lipinski definition) is 3. The summed E-state index contributed by atoms with van der Waals surface area (Å²) in [6.45, 7) is 3.33. The van der Waals surface area contributed by atoms with Gasteiger partial charge in [0.25, 0.3) is 0 Å². The number of fused-ring (bicyclic) bond motifs is 1. The summed E-state index contributed by atoms with van der Waals surface area (Å²) < 4.78 is 12.4. The molecular weight excluding hydrogens is 404 g/mol. The number of imidazole rings is 1. The highest BCUT2D eigenvalue weighted by atomic mass is 16.6. The van der Waals surface area contributed by atoms with Crippen molar-refractivity contribution in [3.05, 3.63) is 12.7 Å². The normalized spacial score (nSPS) is 26.7. The number of hydrogen-bond acceptors (Lipinski definition) is 9. The predicted molar refractivity (Wildman–Crippen MR) is 110 cm³/mol. The molecule has 4 unspecified atom stereocenters. The van der Waals surface area contributed by atoms with Gasteiger partial charge in [0.1, 0.15) is 18.5 Å². The summed E-state index contributed by atoms with van der Waals surface area (Å²) in [6, 6.07) is 0.115. The number of likely N-dealkylation sites (tertiary alicyclic amines) is 1. The van der Waals surface area contributed by atoms with Crippen molar-refractivity contribution in [3.8, 4) is 12.3 Å². The number of terminal acetylenes is 1. The van der Waals surface area contributed by atoms with E-state index in [1.165, 1.54) is 12.7 Å². The number of rotatable bonds is 5. The van der Waals surface area contributed by atoms with Gasteiger partial charge in [0.2, 0.25) is 0 Å². The molecule has 2 aliphatic heterocycles. The van der Waals surface area contributed by atoms with Gasteiger partial charge in [-0.15, -0.1) is 12.3 Å². The predicted octanol–water partition coefficient (Wildman–Crippen LogP) is 0.502.